The van der Waals surface area contributed by atoms with Crippen molar-refractivity contribution in [1.29, 1.82) is 0 Å². The number of benzene rings is 10. The molecular weight excluding hydrogens is 739 g/mol. The van der Waals surface area contributed by atoms with E-state index in [9.17, 15) is 0 Å². The van der Waals surface area contributed by atoms with E-state index >= 15 is 0 Å². The summed E-state index contributed by atoms with van der Waals surface area (Å²) in [6, 6.07) is 78.5. The summed E-state index contributed by atoms with van der Waals surface area (Å²) in [5.74, 6) is 0. The Bertz CT molecular complexity index is 4020. The second-order valence-corrected chi connectivity index (χ2v) is 16.5. The predicted octanol–water partition coefficient (Wildman–Crippen LogP) is 15.5. The molecule has 0 bridgehead atoms. The van der Waals surface area contributed by atoms with Crippen LogP contribution < -0.4 is 0 Å². The molecule has 282 valence electrons. The van der Waals surface area contributed by atoms with Gasteiger partial charge in [0.2, 0.25) is 0 Å². The highest BCUT2D eigenvalue weighted by Crippen LogP contribution is 2.43. The Morgan fingerprint density at radius 3 is 1.21 bits per heavy atom. The number of nitrogens with zero attached hydrogens (tertiary/aromatic N) is 3. The molecule has 0 saturated heterocycles. The Hall–Kier alpha value is -8.14. The largest absolute Gasteiger partial charge is 0.309 e. The lowest BCUT2D eigenvalue weighted by atomic mass is 9.99. The quantitative estimate of drug-likeness (QED) is 0.169. The van der Waals surface area contributed by atoms with Crippen LogP contribution in [-0.2, 0) is 0 Å². The van der Waals surface area contributed by atoms with Gasteiger partial charge < -0.3 is 13.5 Å². The van der Waals surface area contributed by atoms with Gasteiger partial charge in [-0.25, -0.2) is 0 Å². The zero-order chi connectivity index (χ0) is 39.8. The van der Waals surface area contributed by atoms with E-state index in [1.807, 2.05) is 0 Å². The third-order valence-corrected chi connectivity index (χ3v) is 13.3. The van der Waals surface area contributed by atoms with Crippen LogP contribution in [0, 0.1) is 0 Å². The molecular formula is C58H35N3. The van der Waals surface area contributed by atoms with Crippen molar-refractivity contribution in [2.45, 2.75) is 0 Å². The smallest absolute Gasteiger partial charge is 0.0620 e. The molecule has 61 heavy (non-hydrogen) atoms. The maximum Gasteiger partial charge on any atom is 0.0620 e. The maximum absolute atomic E-state index is 2.44. The summed E-state index contributed by atoms with van der Waals surface area (Å²) in [4.78, 5) is 0. The predicted molar refractivity (Wildman–Crippen MR) is 258 cm³/mol. The number of fused-ring (bicyclic) bond motifs is 13. The van der Waals surface area contributed by atoms with Gasteiger partial charge in [0.15, 0.2) is 0 Å². The van der Waals surface area contributed by atoms with E-state index < -0.39 is 0 Å². The van der Waals surface area contributed by atoms with Crippen LogP contribution in [0.15, 0.2) is 212 Å². The molecule has 0 aliphatic carbocycles. The minimum Gasteiger partial charge on any atom is -0.309 e. The fourth-order valence-electron chi connectivity index (χ4n) is 10.6. The van der Waals surface area contributed by atoms with Gasteiger partial charge in [-0.05, 0) is 118 Å². The first-order valence-corrected chi connectivity index (χ1v) is 21.1. The summed E-state index contributed by atoms with van der Waals surface area (Å²) in [7, 11) is 0. The van der Waals surface area contributed by atoms with E-state index in [0.29, 0.717) is 0 Å². The van der Waals surface area contributed by atoms with Gasteiger partial charge >= 0.3 is 0 Å². The zero-order valence-corrected chi connectivity index (χ0v) is 33.0. The number of hydrogen-bond acceptors (Lipinski definition) is 0. The van der Waals surface area contributed by atoms with Gasteiger partial charge in [0, 0.05) is 54.5 Å². The average Bonchev–Trinajstić information content (AvgIpc) is 4.05. The van der Waals surface area contributed by atoms with Crippen LogP contribution in [0.3, 0.4) is 0 Å². The van der Waals surface area contributed by atoms with Crippen LogP contribution in [0.4, 0.5) is 0 Å². The van der Waals surface area contributed by atoms with Crippen molar-refractivity contribution in [2.24, 2.45) is 0 Å². The molecule has 3 heteroatoms. The number of para-hydroxylation sites is 4. The van der Waals surface area contributed by atoms with Gasteiger partial charge in [0.25, 0.3) is 0 Å². The van der Waals surface area contributed by atoms with Crippen molar-refractivity contribution >= 4 is 92.5 Å². The molecule has 4 aromatic heterocycles. The van der Waals surface area contributed by atoms with Gasteiger partial charge in [-0.2, -0.15) is 0 Å². The van der Waals surface area contributed by atoms with Gasteiger partial charge in [-0.3, -0.25) is 0 Å². The van der Waals surface area contributed by atoms with Crippen molar-refractivity contribution < 1.29 is 0 Å². The summed E-state index contributed by atoms with van der Waals surface area (Å²) in [5.41, 5.74) is 15.8. The summed E-state index contributed by atoms with van der Waals surface area (Å²) >= 11 is 0. The Morgan fingerprint density at radius 2 is 0.639 bits per heavy atom. The molecule has 0 radical (unpaired) electrons. The SMILES string of the molecule is c1ccc2cc(-n3c4ccccc4c4cc(-c5ccc6c(c5)c5ccccc5n6-c5ccc(-c6cc7c8ccccc8n8c9ccccc9c(c6)c78)cc5)ccc43)ccc2c1. The van der Waals surface area contributed by atoms with Crippen LogP contribution in [0.25, 0.3) is 126 Å². The van der Waals surface area contributed by atoms with Crippen LogP contribution in [-0.4, -0.2) is 13.5 Å². The average molecular weight is 774 g/mol. The fraction of sp³-hybridized carbons (Fsp3) is 0. The molecule has 0 spiro atoms. The topological polar surface area (TPSA) is 14.3 Å². The maximum atomic E-state index is 2.44. The highest BCUT2D eigenvalue weighted by atomic mass is 15.0. The lowest BCUT2D eigenvalue weighted by Crippen LogP contribution is -1.94. The van der Waals surface area contributed by atoms with Gasteiger partial charge in [-0.1, -0.05) is 127 Å². The van der Waals surface area contributed by atoms with Crippen LogP contribution in [0.5, 0.6) is 0 Å². The minimum absolute atomic E-state index is 1.15. The van der Waals surface area contributed by atoms with Crippen LogP contribution >= 0.6 is 0 Å². The standard InChI is InChI=1S/C58H35N3/c1-2-12-38-31-43(28-23-36(38)11-1)60-53-18-8-4-14-45(53)49-33-40(25-30-57(49)60)39-24-29-56-48(32-39)44-13-3-7-17-52(44)59(56)42-26-21-37(22-27-42)41-34-50-46-15-5-9-19-54(46)61-55-20-10-6-16-47(55)51(35-41)58(50)61/h1-35H. The van der Waals surface area contributed by atoms with E-state index in [-0.39, 0.29) is 0 Å². The van der Waals surface area contributed by atoms with E-state index in [2.05, 4.69) is 226 Å². The Morgan fingerprint density at radius 1 is 0.230 bits per heavy atom. The van der Waals surface area contributed by atoms with Crippen molar-refractivity contribution in [3.05, 3.63) is 212 Å². The summed E-state index contributed by atoms with van der Waals surface area (Å²) in [5, 5.41) is 12.7. The molecule has 0 saturated carbocycles. The lowest BCUT2D eigenvalue weighted by molar-refractivity contribution is 1.18. The lowest BCUT2D eigenvalue weighted by Gasteiger charge is -2.11. The Kier molecular flexibility index (Phi) is 6.56. The van der Waals surface area contributed by atoms with E-state index in [4.69, 9.17) is 0 Å². The molecule has 14 aromatic rings. The van der Waals surface area contributed by atoms with Crippen molar-refractivity contribution in [2.75, 3.05) is 0 Å². The molecule has 0 aliphatic rings. The van der Waals surface area contributed by atoms with E-state index in [0.717, 1.165) is 5.69 Å². The molecule has 0 fully saturated rings. The molecule has 0 aliphatic heterocycles. The molecule has 10 aromatic carbocycles. The van der Waals surface area contributed by atoms with Gasteiger partial charge in [0.05, 0.1) is 38.6 Å². The first kappa shape index (κ1) is 32.8. The summed E-state index contributed by atoms with van der Waals surface area (Å²) < 4.78 is 7.28. The van der Waals surface area contributed by atoms with Crippen molar-refractivity contribution in [1.82, 2.24) is 13.5 Å². The highest BCUT2D eigenvalue weighted by molar-refractivity contribution is 6.24. The van der Waals surface area contributed by atoms with E-state index in [1.165, 1.54) is 120 Å². The monoisotopic (exact) mass is 773 g/mol. The molecule has 0 amide bonds. The Labute approximate surface area is 350 Å². The summed E-state index contributed by atoms with van der Waals surface area (Å²) in [6.07, 6.45) is 0. The van der Waals surface area contributed by atoms with Crippen molar-refractivity contribution in [3.63, 3.8) is 0 Å². The highest BCUT2D eigenvalue weighted by Gasteiger charge is 2.20. The normalized spacial score (nSPS) is 12.3. The second kappa shape index (κ2) is 12.2. The first-order valence-electron chi connectivity index (χ1n) is 21.1. The fourth-order valence-corrected chi connectivity index (χ4v) is 10.6. The third kappa shape index (κ3) is 4.58. The second-order valence-electron chi connectivity index (χ2n) is 16.5. The molecule has 14 rings (SSSR count). The number of hydrogen-bond donors (Lipinski definition) is 0. The molecule has 0 atom stereocenters. The molecule has 0 N–H and O–H groups in total. The van der Waals surface area contributed by atoms with Crippen LogP contribution in [0.1, 0.15) is 0 Å². The zero-order valence-electron chi connectivity index (χ0n) is 33.0. The number of rotatable bonds is 4. The number of aromatic nitrogens is 3. The van der Waals surface area contributed by atoms with Crippen molar-refractivity contribution in [3.8, 4) is 33.6 Å². The van der Waals surface area contributed by atoms with Crippen LogP contribution in [0.2, 0.25) is 0 Å². The first-order chi connectivity index (χ1) is 30.2. The van der Waals surface area contributed by atoms with Gasteiger partial charge in [0.1, 0.15) is 0 Å². The molecule has 3 nitrogen and oxygen atoms in total. The van der Waals surface area contributed by atoms with Gasteiger partial charge in [-0.15, -0.1) is 0 Å². The molecule has 4 heterocycles. The summed E-state index contributed by atoms with van der Waals surface area (Å²) in [6.45, 7) is 0. The minimum atomic E-state index is 1.15. The third-order valence-electron chi connectivity index (χ3n) is 13.3. The molecule has 0 unspecified atom stereocenters. The van der Waals surface area contributed by atoms with E-state index in [1.54, 1.807) is 0 Å². The Balaban J connectivity index is 0.886.